The monoisotopic (exact) mass is 363 g/mol. The Morgan fingerprint density at radius 2 is 1.67 bits per heavy atom. The van der Waals surface area contributed by atoms with Crippen molar-refractivity contribution in [1.82, 2.24) is 10.7 Å². The minimum Gasteiger partial charge on any atom is -0.311 e. The Balaban J connectivity index is 1.68. The summed E-state index contributed by atoms with van der Waals surface area (Å²) in [5.41, 5.74) is 5.60. The maximum absolute atomic E-state index is 12.1. The van der Waals surface area contributed by atoms with Gasteiger partial charge in [0.15, 0.2) is 0 Å². The van der Waals surface area contributed by atoms with Crippen molar-refractivity contribution in [3.63, 3.8) is 0 Å². The molecule has 0 fully saturated rings. The molecule has 0 radical (unpaired) electrons. The minimum atomic E-state index is -0.779. The Kier molecular flexibility index (Phi) is 5.26. The van der Waals surface area contributed by atoms with E-state index in [0.717, 1.165) is 11.1 Å². The number of nitrogens with one attached hydrogen (secondary N) is 3. The van der Waals surface area contributed by atoms with Crippen LogP contribution in [0.25, 0.3) is 21.5 Å². The molecule has 0 saturated heterocycles. The molecule has 0 saturated carbocycles. The summed E-state index contributed by atoms with van der Waals surface area (Å²) in [5, 5.41) is 15.7. The van der Waals surface area contributed by atoms with Gasteiger partial charge in [0.25, 0.3) is 0 Å². The van der Waals surface area contributed by atoms with Crippen molar-refractivity contribution in [2.75, 3.05) is 5.43 Å². The highest BCUT2D eigenvalue weighted by Gasteiger charge is 2.19. The van der Waals surface area contributed by atoms with Gasteiger partial charge in [-0.3, -0.25) is 10.9 Å². The van der Waals surface area contributed by atoms with Gasteiger partial charge in [0.05, 0.1) is 11.7 Å². The van der Waals surface area contributed by atoms with Gasteiger partial charge < -0.3 is 5.32 Å². The maximum Gasteiger partial charge on any atom is 0.335 e. The highest BCUT2D eigenvalue weighted by Crippen LogP contribution is 2.27. The van der Waals surface area contributed by atoms with Crippen LogP contribution in [0.3, 0.4) is 0 Å². The van der Waals surface area contributed by atoms with Crippen LogP contribution >= 0.6 is 0 Å². The van der Waals surface area contributed by atoms with Gasteiger partial charge in [-0.15, -0.1) is 0 Å². The Morgan fingerprint density at radius 1 is 0.963 bits per heavy atom. The SMILES string of the molecule is CC(C)N=NC(C)(C)NC(=O)NNc1ccc2c(ccc3ccccc32)c1. The number of hydrogen-bond donors (Lipinski definition) is 3. The maximum atomic E-state index is 12.1. The molecule has 3 aromatic carbocycles. The van der Waals surface area contributed by atoms with Gasteiger partial charge in [-0.2, -0.15) is 10.2 Å². The summed E-state index contributed by atoms with van der Waals surface area (Å²) in [5.74, 6) is 0. The van der Waals surface area contributed by atoms with E-state index in [1.165, 1.54) is 16.2 Å². The lowest BCUT2D eigenvalue weighted by Gasteiger charge is -2.21. The average Bonchev–Trinajstić information content (AvgIpc) is 2.64. The largest absolute Gasteiger partial charge is 0.335 e. The fraction of sp³-hybridized carbons (Fsp3) is 0.286. The van der Waals surface area contributed by atoms with Crippen LogP contribution in [-0.2, 0) is 0 Å². The van der Waals surface area contributed by atoms with E-state index in [9.17, 15) is 4.79 Å². The van der Waals surface area contributed by atoms with Crippen molar-refractivity contribution in [2.45, 2.75) is 39.4 Å². The third-order valence-electron chi connectivity index (χ3n) is 4.02. The van der Waals surface area contributed by atoms with Crippen LogP contribution in [0.15, 0.2) is 64.8 Å². The fourth-order valence-electron chi connectivity index (χ4n) is 2.81. The van der Waals surface area contributed by atoms with E-state index in [1.807, 2.05) is 38.1 Å². The van der Waals surface area contributed by atoms with E-state index in [-0.39, 0.29) is 12.1 Å². The van der Waals surface area contributed by atoms with E-state index < -0.39 is 5.66 Å². The highest BCUT2D eigenvalue weighted by molar-refractivity contribution is 6.08. The van der Waals surface area contributed by atoms with Crippen molar-refractivity contribution in [3.05, 3.63) is 54.6 Å². The van der Waals surface area contributed by atoms with Gasteiger partial charge in [0, 0.05) is 0 Å². The lowest BCUT2D eigenvalue weighted by molar-refractivity contribution is 0.231. The third kappa shape index (κ3) is 4.73. The molecule has 0 aromatic heterocycles. The first-order valence-corrected chi connectivity index (χ1v) is 9.02. The highest BCUT2D eigenvalue weighted by atomic mass is 16.2. The van der Waals surface area contributed by atoms with Crippen LogP contribution in [0.1, 0.15) is 27.7 Å². The van der Waals surface area contributed by atoms with Gasteiger partial charge >= 0.3 is 6.03 Å². The molecular formula is C21H25N5O. The number of hydrogen-bond acceptors (Lipinski definition) is 4. The van der Waals surface area contributed by atoms with Gasteiger partial charge in [0.2, 0.25) is 0 Å². The molecule has 0 aliphatic heterocycles. The summed E-state index contributed by atoms with van der Waals surface area (Å²) in [4.78, 5) is 12.1. The molecule has 3 aromatic rings. The molecule has 0 spiro atoms. The number of fused-ring (bicyclic) bond motifs is 3. The molecule has 0 unspecified atom stereocenters. The van der Waals surface area contributed by atoms with Crippen LogP contribution in [0, 0.1) is 0 Å². The zero-order valence-electron chi connectivity index (χ0n) is 16.1. The van der Waals surface area contributed by atoms with Crippen molar-refractivity contribution >= 4 is 33.3 Å². The number of nitrogens with zero attached hydrogens (tertiary/aromatic N) is 2. The van der Waals surface area contributed by atoms with Crippen molar-refractivity contribution < 1.29 is 4.79 Å². The second-order valence-corrected chi connectivity index (χ2v) is 7.29. The molecule has 6 nitrogen and oxygen atoms in total. The van der Waals surface area contributed by atoms with Crippen LogP contribution in [-0.4, -0.2) is 17.7 Å². The number of carbonyl (C=O) groups excluding carboxylic acids is 1. The molecule has 3 N–H and O–H groups in total. The molecular weight excluding hydrogens is 338 g/mol. The smallest absolute Gasteiger partial charge is 0.311 e. The van der Waals surface area contributed by atoms with E-state index in [0.29, 0.717) is 0 Å². The van der Waals surface area contributed by atoms with Crippen molar-refractivity contribution in [3.8, 4) is 0 Å². The summed E-state index contributed by atoms with van der Waals surface area (Å²) >= 11 is 0. The Labute approximate surface area is 159 Å². The Bertz CT molecular complexity index is 994. The standard InChI is InChI=1S/C21H25N5O/c1-14(2)23-26-21(3,4)22-20(27)25-24-17-11-12-19-16(13-17)10-9-15-7-5-6-8-18(15)19/h5-14,24H,1-4H3,(H2,22,25,27). The molecule has 0 aliphatic rings. The zero-order valence-corrected chi connectivity index (χ0v) is 16.1. The quantitative estimate of drug-likeness (QED) is 0.330. The Hall–Kier alpha value is -3.15. The van der Waals surface area contributed by atoms with E-state index >= 15 is 0 Å². The van der Waals surface area contributed by atoms with Gasteiger partial charge in [-0.05, 0) is 61.4 Å². The lowest BCUT2D eigenvalue weighted by Crippen LogP contribution is -2.48. The molecule has 140 valence electrons. The number of carbonyl (C=O) groups is 1. The van der Waals surface area contributed by atoms with Crippen LogP contribution < -0.4 is 16.2 Å². The molecule has 0 aliphatic carbocycles. The van der Waals surface area contributed by atoms with Crippen molar-refractivity contribution in [2.24, 2.45) is 10.2 Å². The van der Waals surface area contributed by atoms with E-state index in [4.69, 9.17) is 0 Å². The molecule has 2 amide bonds. The lowest BCUT2D eigenvalue weighted by atomic mass is 10.0. The summed E-state index contributed by atoms with van der Waals surface area (Å²) < 4.78 is 0. The van der Waals surface area contributed by atoms with Crippen LogP contribution in [0.2, 0.25) is 0 Å². The van der Waals surface area contributed by atoms with E-state index in [1.54, 1.807) is 13.8 Å². The summed E-state index contributed by atoms with van der Waals surface area (Å²) in [6.07, 6.45) is 0. The first kappa shape index (κ1) is 18.6. The van der Waals surface area contributed by atoms with Gasteiger partial charge in [-0.25, -0.2) is 4.79 Å². The number of azo groups is 1. The number of benzene rings is 3. The summed E-state index contributed by atoms with van der Waals surface area (Å²) in [6.45, 7) is 7.45. The first-order chi connectivity index (χ1) is 12.8. The summed E-state index contributed by atoms with van der Waals surface area (Å²) in [7, 11) is 0. The average molecular weight is 363 g/mol. The predicted octanol–water partition coefficient (Wildman–Crippen LogP) is 5.22. The van der Waals surface area contributed by atoms with Crippen LogP contribution in [0.4, 0.5) is 10.5 Å². The number of rotatable bonds is 5. The topological polar surface area (TPSA) is 77.9 Å². The molecule has 6 heteroatoms. The normalized spacial score (nSPS) is 12.0. The van der Waals surface area contributed by atoms with Crippen molar-refractivity contribution in [1.29, 1.82) is 0 Å². The van der Waals surface area contributed by atoms with Crippen LogP contribution in [0.5, 0.6) is 0 Å². The zero-order chi connectivity index (χ0) is 19.4. The number of anilines is 1. The molecule has 3 rings (SSSR count). The summed E-state index contributed by atoms with van der Waals surface area (Å²) in [6, 6.07) is 18.2. The molecule has 0 heterocycles. The Morgan fingerprint density at radius 3 is 2.44 bits per heavy atom. The first-order valence-electron chi connectivity index (χ1n) is 9.02. The predicted molar refractivity (Wildman–Crippen MR) is 111 cm³/mol. The fourth-order valence-corrected chi connectivity index (χ4v) is 2.81. The number of amides is 2. The molecule has 27 heavy (non-hydrogen) atoms. The van der Waals surface area contributed by atoms with E-state index in [2.05, 4.69) is 56.7 Å². The second-order valence-electron chi connectivity index (χ2n) is 7.29. The number of urea groups is 1. The molecule has 0 bridgehead atoms. The van der Waals surface area contributed by atoms with Gasteiger partial charge in [-0.1, -0.05) is 42.5 Å². The van der Waals surface area contributed by atoms with Gasteiger partial charge in [0.1, 0.15) is 5.66 Å². The number of hydrazine groups is 1. The third-order valence-corrected chi connectivity index (χ3v) is 4.02. The molecule has 0 atom stereocenters. The minimum absolute atomic E-state index is 0.0842. The second kappa shape index (κ2) is 7.61.